The van der Waals surface area contributed by atoms with Crippen molar-refractivity contribution in [2.45, 2.75) is 20.4 Å². The first-order valence-electron chi connectivity index (χ1n) is 9.46. The number of aryl methyl sites for hydroxylation is 1. The van der Waals surface area contributed by atoms with E-state index in [1.807, 2.05) is 61.5 Å². The quantitative estimate of drug-likeness (QED) is 0.205. The maximum absolute atomic E-state index is 5.73. The number of aliphatic imine (C=N–C) groups is 1. The molecular formula is C22H27IN4O2. The van der Waals surface area contributed by atoms with Crippen molar-refractivity contribution in [2.75, 3.05) is 19.7 Å². The van der Waals surface area contributed by atoms with E-state index in [1.165, 1.54) is 5.56 Å². The van der Waals surface area contributed by atoms with E-state index in [9.17, 15) is 0 Å². The number of hydrogen-bond donors (Lipinski definition) is 2. The summed E-state index contributed by atoms with van der Waals surface area (Å²) in [5, 5.41) is 6.49. The van der Waals surface area contributed by atoms with Crippen LogP contribution in [0.5, 0.6) is 5.75 Å². The highest BCUT2D eigenvalue weighted by atomic mass is 127. The van der Waals surface area contributed by atoms with Crippen LogP contribution >= 0.6 is 24.0 Å². The lowest BCUT2D eigenvalue weighted by molar-refractivity contribution is 0.322. The molecule has 2 aromatic carbocycles. The number of aromatic nitrogens is 1. The van der Waals surface area contributed by atoms with Gasteiger partial charge in [-0.05, 0) is 38.1 Å². The first kappa shape index (κ1) is 22.7. The third-order valence-electron chi connectivity index (χ3n) is 4.00. The minimum absolute atomic E-state index is 0. The summed E-state index contributed by atoms with van der Waals surface area (Å²) < 4.78 is 11.3. The molecule has 6 nitrogen and oxygen atoms in total. The maximum atomic E-state index is 5.73. The SMILES string of the molecule is CCNC(=NCc1coc(-c2ccccc2)n1)NCCOc1ccc(C)cc1.I. The van der Waals surface area contributed by atoms with Gasteiger partial charge >= 0.3 is 0 Å². The van der Waals surface area contributed by atoms with Gasteiger partial charge < -0.3 is 19.8 Å². The van der Waals surface area contributed by atoms with E-state index in [2.05, 4.69) is 27.5 Å². The molecule has 2 N–H and O–H groups in total. The topological polar surface area (TPSA) is 71.7 Å². The predicted molar refractivity (Wildman–Crippen MR) is 127 cm³/mol. The zero-order chi connectivity index (χ0) is 19.6. The average Bonchev–Trinajstić information content (AvgIpc) is 3.20. The summed E-state index contributed by atoms with van der Waals surface area (Å²) >= 11 is 0. The van der Waals surface area contributed by atoms with Gasteiger partial charge in [-0.3, -0.25) is 0 Å². The molecule has 0 aliphatic carbocycles. The van der Waals surface area contributed by atoms with Crippen LogP contribution in [0.15, 0.2) is 70.3 Å². The van der Waals surface area contributed by atoms with Gasteiger partial charge in [-0.1, -0.05) is 35.9 Å². The third kappa shape index (κ3) is 7.41. The number of hydrogen-bond acceptors (Lipinski definition) is 4. The molecule has 3 rings (SSSR count). The lowest BCUT2D eigenvalue weighted by Crippen LogP contribution is -2.39. The predicted octanol–water partition coefficient (Wildman–Crippen LogP) is 4.40. The molecule has 154 valence electrons. The molecule has 29 heavy (non-hydrogen) atoms. The number of guanidine groups is 1. The number of nitrogens with zero attached hydrogens (tertiary/aromatic N) is 2. The Morgan fingerprint density at radius 1 is 1.07 bits per heavy atom. The number of ether oxygens (including phenoxy) is 1. The Morgan fingerprint density at radius 3 is 2.55 bits per heavy atom. The van der Waals surface area contributed by atoms with Crippen molar-refractivity contribution in [1.82, 2.24) is 15.6 Å². The molecule has 0 aliphatic rings. The van der Waals surface area contributed by atoms with Crippen molar-refractivity contribution in [3.8, 4) is 17.2 Å². The minimum Gasteiger partial charge on any atom is -0.492 e. The van der Waals surface area contributed by atoms with Gasteiger partial charge in [-0.2, -0.15) is 0 Å². The van der Waals surface area contributed by atoms with E-state index in [0.29, 0.717) is 25.6 Å². The first-order chi connectivity index (χ1) is 13.7. The fourth-order valence-corrected chi connectivity index (χ4v) is 2.57. The average molecular weight is 506 g/mol. The van der Waals surface area contributed by atoms with Gasteiger partial charge in [-0.25, -0.2) is 9.98 Å². The lowest BCUT2D eigenvalue weighted by atomic mass is 10.2. The number of nitrogens with one attached hydrogen (secondary N) is 2. The Bertz CT molecular complexity index is 879. The third-order valence-corrected chi connectivity index (χ3v) is 4.00. The van der Waals surface area contributed by atoms with Crippen LogP contribution in [0.4, 0.5) is 0 Å². The van der Waals surface area contributed by atoms with Crippen LogP contribution in [0.1, 0.15) is 18.2 Å². The van der Waals surface area contributed by atoms with E-state index < -0.39 is 0 Å². The maximum Gasteiger partial charge on any atom is 0.226 e. The summed E-state index contributed by atoms with van der Waals surface area (Å²) in [6, 6.07) is 17.9. The molecule has 0 saturated heterocycles. The van der Waals surface area contributed by atoms with E-state index in [4.69, 9.17) is 9.15 Å². The Kier molecular flexibility index (Phi) is 9.49. The van der Waals surface area contributed by atoms with E-state index in [0.717, 1.165) is 29.5 Å². The zero-order valence-electron chi connectivity index (χ0n) is 16.7. The highest BCUT2D eigenvalue weighted by Crippen LogP contribution is 2.18. The van der Waals surface area contributed by atoms with E-state index in [1.54, 1.807) is 6.26 Å². The normalized spacial score (nSPS) is 10.9. The summed E-state index contributed by atoms with van der Waals surface area (Å²) in [4.78, 5) is 9.07. The number of halogens is 1. The number of oxazole rings is 1. The van der Waals surface area contributed by atoms with Gasteiger partial charge in [0.2, 0.25) is 5.89 Å². The first-order valence-corrected chi connectivity index (χ1v) is 9.46. The van der Waals surface area contributed by atoms with E-state index in [-0.39, 0.29) is 24.0 Å². The molecule has 1 heterocycles. The molecule has 0 spiro atoms. The van der Waals surface area contributed by atoms with Crippen molar-refractivity contribution in [3.05, 3.63) is 72.1 Å². The van der Waals surface area contributed by atoms with Crippen LogP contribution in [0.3, 0.4) is 0 Å². The van der Waals surface area contributed by atoms with Crippen molar-refractivity contribution < 1.29 is 9.15 Å². The lowest BCUT2D eigenvalue weighted by Gasteiger charge is -2.12. The zero-order valence-corrected chi connectivity index (χ0v) is 19.1. The van der Waals surface area contributed by atoms with Crippen LogP contribution in [0.2, 0.25) is 0 Å². The fraction of sp³-hybridized carbons (Fsp3) is 0.273. The summed E-state index contributed by atoms with van der Waals surface area (Å²) in [6.45, 7) is 6.50. The molecular weight excluding hydrogens is 479 g/mol. The smallest absolute Gasteiger partial charge is 0.226 e. The van der Waals surface area contributed by atoms with Crippen molar-refractivity contribution in [1.29, 1.82) is 0 Å². The number of benzene rings is 2. The minimum atomic E-state index is 0. The molecule has 0 atom stereocenters. The van der Waals surface area contributed by atoms with Crippen molar-refractivity contribution >= 4 is 29.9 Å². The molecule has 0 bridgehead atoms. The molecule has 0 saturated carbocycles. The fourth-order valence-electron chi connectivity index (χ4n) is 2.57. The molecule has 1 aromatic heterocycles. The monoisotopic (exact) mass is 506 g/mol. The van der Waals surface area contributed by atoms with Crippen LogP contribution in [0, 0.1) is 6.92 Å². The molecule has 0 radical (unpaired) electrons. The molecule has 0 amide bonds. The van der Waals surface area contributed by atoms with Crippen molar-refractivity contribution in [2.24, 2.45) is 4.99 Å². The van der Waals surface area contributed by atoms with Crippen molar-refractivity contribution in [3.63, 3.8) is 0 Å². The molecule has 3 aromatic rings. The van der Waals surface area contributed by atoms with Crippen LogP contribution in [0.25, 0.3) is 11.5 Å². The van der Waals surface area contributed by atoms with Gasteiger partial charge in [-0.15, -0.1) is 24.0 Å². The summed E-state index contributed by atoms with van der Waals surface area (Å²) in [7, 11) is 0. The second-order valence-corrected chi connectivity index (χ2v) is 6.29. The summed E-state index contributed by atoms with van der Waals surface area (Å²) in [6.07, 6.45) is 1.65. The van der Waals surface area contributed by atoms with Gasteiger partial charge in [0.1, 0.15) is 24.3 Å². The van der Waals surface area contributed by atoms with Gasteiger partial charge in [0.05, 0.1) is 13.1 Å². The summed E-state index contributed by atoms with van der Waals surface area (Å²) in [5.41, 5.74) is 2.96. The Hall–Kier alpha value is -2.55. The molecule has 0 aliphatic heterocycles. The van der Waals surface area contributed by atoms with E-state index >= 15 is 0 Å². The Morgan fingerprint density at radius 2 is 1.83 bits per heavy atom. The molecule has 7 heteroatoms. The highest BCUT2D eigenvalue weighted by molar-refractivity contribution is 14.0. The van der Waals surface area contributed by atoms with Crippen LogP contribution in [-0.2, 0) is 6.54 Å². The molecule has 0 fully saturated rings. The number of rotatable bonds is 8. The van der Waals surface area contributed by atoms with Gasteiger partial charge in [0.15, 0.2) is 5.96 Å². The van der Waals surface area contributed by atoms with Crippen LogP contribution < -0.4 is 15.4 Å². The van der Waals surface area contributed by atoms with Gasteiger partial charge in [0.25, 0.3) is 0 Å². The Labute approximate surface area is 188 Å². The Balaban J connectivity index is 0.00000300. The highest BCUT2D eigenvalue weighted by Gasteiger charge is 2.06. The second-order valence-electron chi connectivity index (χ2n) is 6.29. The molecule has 0 unspecified atom stereocenters. The second kappa shape index (κ2) is 12.1. The van der Waals surface area contributed by atoms with Gasteiger partial charge in [0, 0.05) is 12.1 Å². The van der Waals surface area contributed by atoms with Crippen LogP contribution in [-0.4, -0.2) is 30.6 Å². The largest absolute Gasteiger partial charge is 0.492 e. The summed E-state index contributed by atoms with van der Waals surface area (Å²) in [5.74, 6) is 2.19. The standard InChI is InChI=1S/C22H26N4O2.HI/c1-3-23-22(24-13-14-27-20-11-9-17(2)10-12-20)25-15-19-16-28-21(26-19)18-7-5-4-6-8-18;/h4-12,16H,3,13-15H2,1-2H3,(H2,23,24,25);1H.